The molecule has 0 aromatic heterocycles. The highest BCUT2D eigenvalue weighted by Gasteiger charge is 2.55. The lowest BCUT2D eigenvalue weighted by molar-refractivity contribution is -0.344. The predicted octanol–water partition coefficient (Wildman–Crippen LogP) is -2.01. The van der Waals surface area contributed by atoms with Crippen LogP contribution in [0.5, 0.6) is 0 Å². The molecule has 0 spiro atoms. The third-order valence-electron chi connectivity index (χ3n) is 5.69. The zero-order valence-corrected chi connectivity index (χ0v) is 23.3. The smallest absolute Gasteiger partial charge is 0.303 e. The van der Waals surface area contributed by atoms with Crippen molar-refractivity contribution in [2.24, 2.45) is 5.73 Å². The molecule has 2 fully saturated rings. The maximum atomic E-state index is 12.1. The lowest BCUT2D eigenvalue weighted by Gasteiger charge is -2.48. The van der Waals surface area contributed by atoms with Gasteiger partial charge >= 0.3 is 35.8 Å². The summed E-state index contributed by atoms with van der Waals surface area (Å²) in [5.41, 5.74) is 6.04. The van der Waals surface area contributed by atoms with Crippen LogP contribution in [-0.2, 0) is 71.4 Å². The summed E-state index contributed by atoms with van der Waals surface area (Å²) in [7, 11) is 0. The van der Waals surface area contributed by atoms with Crippen LogP contribution in [0.2, 0.25) is 0 Å². The molecule has 0 aromatic rings. The van der Waals surface area contributed by atoms with Crippen molar-refractivity contribution in [1.82, 2.24) is 0 Å². The van der Waals surface area contributed by atoms with Crippen molar-refractivity contribution >= 4 is 35.8 Å². The molecular weight excluding hydrogens is 558 g/mol. The highest BCUT2D eigenvalue weighted by atomic mass is 16.7. The molecule has 17 nitrogen and oxygen atoms in total. The molecule has 0 radical (unpaired) electrons. The third kappa shape index (κ3) is 9.89. The van der Waals surface area contributed by atoms with Crippen molar-refractivity contribution in [3.63, 3.8) is 0 Å². The Labute approximate surface area is 234 Å². The van der Waals surface area contributed by atoms with Crippen LogP contribution in [0, 0.1) is 0 Å². The number of carbonyl (C=O) groups excluding carboxylic acids is 6. The minimum Gasteiger partial charge on any atom is -0.463 e. The van der Waals surface area contributed by atoms with Crippen molar-refractivity contribution in [2.75, 3.05) is 13.2 Å². The molecule has 2 aliphatic rings. The van der Waals surface area contributed by atoms with Crippen LogP contribution < -0.4 is 5.73 Å². The first-order chi connectivity index (χ1) is 19.1. The van der Waals surface area contributed by atoms with Crippen molar-refractivity contribution in [3.8, 4) is 0 Å². The van der Waals surface area contributed by atoms with Gasteiger partial charge in [-0.1, -0.05) is 0 Å². The van der Waals surface area contributed by atoms with E-state index in [1.165, 1.54) is 0 Å². The first-order valence-corrected chi connectivity index (χ1v) is 12.5. The van der Waals surface area contributed by atoms with Crippen LogP contribution >= 0.6 is 0 Å². The molecule has 232 valence electrons. The first-order valence-electron chi connectivity index (χ1n) is 12.5. The molecule has 0 saturated carbocycles. The maximum Gasteiger partial charge on any atom is 0.303 e. The van der Waals surface area contributed by atoms with Gasteiger partial charge in [-0.05, 0) is 0 Å². The number of ether oxygens (including phenoxy) is 9. The lowest BCUT2D eigenvalue weighted by Crippen LogP contribution is -2.67. The van der Waals surface area contributed by atoms with Crippen molar-refractivity contribution < 1.29 is 76.5 Å². The fraction of sp³-hybridized carbons (Fsp3) is 0.750. The Morgan fingerprint density at radius 2 is 1.02 bits per heavy atom. The molecule has 0 bridgehead atoms. The second-order valence-corrected chi connectivity index (χ2v) is 9.17. The van der Waals surface area contributed by atoms with Gasteiger partial charge < -0.3 is 53.5 Å². The number of esters is 6. The van der Waals surface area contributed by atoms with Crippen LogP contribution in [-0.4, -0.2) is 115 Å². The Morgan fingerprint density at radius 1 is 0.585 bits per heavy atom. The molecule has 0 aliphatic carbocycles. The number of rotatable bonds is 10. The average Bonchev–Trinajstić information content (AvgIpc) is 2.83. The normalized spacial score (nSPS) is 33.1. The molecule has 17 heteroatoms. The Kier molecular flexibility index (Phi) is 12.4. The van der Waals surface area contributed by atoms with Gasteiger partial charge in [0.15, 0.2) is 30.7 Å². The van der Waals surface area contributed by atoms with Gasteiger partial charge in [0.1, 0.15) is 43.9 Å². The van der Waals surface area contributed by atoms with E-state index in [-0.39, 0.29) is 0 Å². The van der Waals surface area contributed by atoms with E-state index in [9.17, 15) is 33.9 Å². The minimum atomic E-state index is -1.72. The number of hydrogen-bond donors (Lipinski definition) is 2. The fourth-order valence-electron chi connectivity index (χ4n) is 4.23. The molecule has 3 N–H and O–H groups in total. The summed E-state index contributed by atoms with van der Waals surface area (Å²) in [6.07, 6.45) is -15.1. The van der Waals surface area contributed by atoms with Gasteiger partial charge in [-0.25, -0.2) is 0 Å². The van der Waals surface area contributed by atoms with E-state index in [2.05, 4.69) is 0 Å². The highest BCUT2D eigenvalue weighted by molar-refractivity contribution is 5.68. The van der Waals surface area contributed by atoms with Gasteiger partial charge in [-0.15, -0.1) is 0 Å². The molecule has 2 rings (SSSR count). The topological polar surface area (TPSA) is 232 Å². The van der Waals surface area contributed by atoms with E-state index in [0.717, 1.165) is 41.5 Å². The number of carbonyl (C=O) groups is 6. The number of nitrogens with two attached hydrogens (primary N) is 1. The average molecular weight is 594 g/mol. The Bertz CT molecular complexity index is 987. The fourth-order valence-corrected chi connectivity index (χ4v) is 4.23. The van der Waals surface area contributed by atoms with Gasteiger partial charge in [-0.2, -0.15) is 0 Å². The SMILES string of the molecule is CC(=O)OCC1OC(OC2C(COC(C)=O)OC(N)C(OC(C)=O)C2OC(C)=O)C(OC(C)=O)C(OC(C)=O)C1O. The molecule has 41 heavy (non-hydrogen) atoms. The van der Waals surface area contributed by atoms with Gasteiger partial charge in [0.25, 0.3) is 0 Å². The van der Waals surface area contributed by atoms with E-state index >= 15 is 0 Å². The van der Waals surface area contributed by atoms with Gasteiger partial charge in [0, 0.05) is 41.5 Å². The lowest BCUT2D eigenvalue weighted by atomic mass is 9.96. The quantitative estimate of drug-likeness (QED) is 0.206. The summed E-state index contributed by atoms with van der Waals surface area (Å²) in [6.45, 7) is 5.41. The van der Waals surface area contributed by atoms with Crippen LogP contribution in [0.15, 0.2) is 0 Å². The molecule has 0 aromatic carbocycles. The summed E-state index contributed by atoms with van der Waals surface area (Å²) in [6, 6.07) is 0. The van der Waals surface area contributed by atoms with Crippen LogP contribution in [0.3, 0.4) is 0 Å². The van der Waals surface area contributed by atoms with E-state index in [1.54, 1.807) is 0 Å². The molecule has 0 amide bonds. The summed E-state index contributed by atoms with van der Waals surface area (Å²) in [4.78, 5) is 70.8. The van der Waals surface area contributed by atoms with Crippen molar-refractivity contribution in [3.05, 3.63) is 0 Å². The molecule has 10 unspecified atom stereocenters. The molecule has 10 atom stereocenters. The summed E-state index contributed by atoms with van der Waals surface area (Å²) in [5, 5.41) is 10.9. The summed E-state index contributed by atoms with van der Waals surface area (Å²) in [5.74, 6) is -4.84. The Morgan fingerprint density at radius 3 is 1.51 bits per heavy atom. The van der Waals surface area contributed by atoms with E-state index in [0.29, 0.717) is 0 Å². The van der Waals surface area contributed by atoms with Crippen LogP contribution in [0.25, 0.3) is 0 Å². The first kappa shape index (κ1) is 33.8. The van der Waals surface area contributed by atoms with E-state index < -0.39 is 110 Å². The number of aliphatic hydroxyl groups is 1. The largest absolute Gasteiger partial charge is 0.463 e. The monoisotopic (exact) mass is 593 g/mol. The summed E-state index contributed by atoms with van der Waals surface area (Å²) >= 11 is 0. The van der Waals surface area contributed by atoms with Gasteiger partial charge in [0.05, 0.1) is 0 Å². The highest BCUT2D eigenvalue weighted by Crippen LogP contribution is 2.33. The Hall–Kier alpha value is -3.38. The zero-order chi connectivity index (χ0) is 31.0. The predicted molar refractivity (Wildman–Crippen MR) is 128 cm³/mol. The van der Waals surface area contributed by atoms with Gasteiger partial charge in [-0.3, -0.25) is 28.8 Å². The zero-order valence-electron chi connectivity index (χ0n) is 23.3. The van der Waals surface area contributed by atoms with Gasteiger partial charge in [0.2, 0.25) is 0 Å². The molecule has 2 heterocycles. The summed E-state index contributed by atoms with van der Waals surface area (Å²) < 4.78 is 48.7. The maximum absolute atomic E-state index is 12.1. The second-order valence-electron chi connectivity index (χ2n) is 9.17. The van der Waals surface area contributed by atoms with Crippen molar-refractivity contribution in [1.29, 1.82) is 0 Å². The number of hydrogen-bond acceptors (Lipinski definition) is 17. The second kappa shape index (κ2) is 15.0. The molecule has 2 saturated heterocycles. The number of aliphatic hydroxyl groups excluding tert-OH is 1. The van der Waals surface area contributed by atoms with Crippen LogP contribution in [0.4, 0.5) is 0 Å². The minimum absolute atomic E-state index is 0.490. The van der Waals surface area contributed by atoms with Crippen LogP contribution in [0.1, 0.15) is 41.5 Å². The molecular formula is C24H35NO16. The third-order valence-corrected chi connectivity index (χ3v) is 5.69. The Balaban J connectivity index is 2.57. The van der Waals surface area contributed by atoms with E-state index in [4.69, 9.17) is 48.4 Å². The van der Waals surface area contributed by atoms with Crippen molar-refractivity contribution in [2.45, 2.75) is 103 Å². The van der Waals surface area contributed by atoms with E-state index in [1.807, 2.05) is 0 Å². The standard InChI is InChI=1S/C24H35NO16/c1-9(26)33-7-15-17(32)19(35-11(3)28)22(38-14(6)31)24(40-15)41-18-16(8-34-10(2)27)39-23(25)21(37-13(5)30)20(18)36-12(4)29/h15-24,32H,7-8,25H2,1-6H3. The molecule has 2 aliphatic heterocycles.